The molecule has 4 nitrogen and oxygen atoms in total. The predicted octanol–water partition coefficient (Wildman–Crippen LogP) is 2.55. The number of carboxylic acids is 1. The van der Waals surface area contributed by atoms with Gasteiger partial charge in [-0.3, -0.25) is 14.6 Å². The molecule has 1 heterocycles. The van der Waals surface area contributed by atoms with Gasteiger partial charge >= 0.3 is 5.97 Å². The minimum Gasteiger partial charge on any atom is -0.480 e. The highest BCUT2D eigenvalue weighted by atomic mass is 16.4. The van der Waals surface area contributed by atoms with Gasteiger partial charge in [0.2, 0.25) is 0 Å². The molecule has 2 aliphatic rings. The summed E-state index contributed by atoms with van der Waals surface area (Å²) in [6, 6.07) is 7.43. The van der Waals surface area contributed by atoms with E-state index >= 15 is 0 Å². The number of carbonyl (C=O) groups is 1. The van der Waals surface area contributed by atoms with Crippen molar-refractivity contribution in [2.75, 3.05) is 26.2 Å². The van der Waals surface area contributed by atoms with Crippen LogP contribution in [0.5, 0.6) is 0 Å². The van der Waals surface area contributed by atoms with Gasteiger partial charge in [-0.15, -0.1) is 0 Å². The fraction of sp³-hybridized carbons (Fsp3) is 0.632. The summed E-state index contributed by atoms with van der Waals surface area (Å²) < 4.78 is 0. The molecule has 0 unspecified atom stereocenters. The van der Waals surface area contributed by atoms with Gasteiger partial charge in [0.25, 0.3) is 0 Å². The second kappa shape index (κ2) is 7.45. The molecule has 1 aliphatic heterocycles. The van der Waals surface area contributed by atoms with Gasteiger partial charge in [0.15, 0.2) is 0 Å². The average molecular weight is 316 g/mol. The van der Waals surface area contributed by atoms with Crippen molar-refractivity contribution in [2.45, 2.75) is 51.6 Å². The number of carboxylic acid groups (broad SMARTS) is 1. The van der Waals surface area contributed by atoms with Crippen LogP contribution in [0.15, 0.2) is 18.2 Å². The lowest BCUT2D eigenvalue weighted by Crippen LogP contribution is -2.46. The molecule has 3 rings (SSSR count). The number of piperidine rings is 1. The molecule has 4 heteroatoms. The number of likely N-dealkylation sites (N-methyl/N-ethyl adjacent to an activating group) is 1. The van der Waals surface area contributed by atoms with Crippen LogP contribution < -0.4 is 0 Å². The quantitative estimate of drug-likeness (QED) is 0.876. The predicted molar refractivity (Wildman–Crippen MR) is 91.6 cm³/mol. The Kier molecular flexibility index (Phi) is 5.34. The van der Waals surface area contributed by atoms with E-state index in [1.165, 1.54) is 24.8 Å². The van der Waals surface area contributed by atoms with Crippen molar-refractivity contribution < 1.29 is 9.90 Å². The summed E-state index contributed by atoms with van der Waals surface area (Å²) in [6.07, 6.45) is 5.95. The SMILES string of the molecule is CCN(CC(=O)O)C1CCN(Cc2ccc3c(c2)CCC3)CC1. The van der Waals surface area contributed by atoms with Crippen molar-refractivity contribution in [1.29, 1.82) is 0 Å². The van der Waals surface area contributed by atoms with E-state index in [4.69, 9.17) is 5.11 Å². The molecule has 1 N–H and O–H groups in total. The summed E-state index contributed by atoms with van der Waals surface area (Å²) in [5, 5.41) is 9.02. The van der Waals surface area contributed by atoms with Gasteiger partial charge in [-0.05, 0) is 68.4 Å². The van der Waals surface area contributed by atoms with Gasteiger partial charge in [-0.25, -0.2) is 0 Å². The average Bonchev–Trinajstić information content (AvgIpc) is 3.01. The molecule has 0 amide bonds. The first-order valence-corrected chi connectivity index (χ1v) is 8.94. The number of rotatable bonds is 6. The Hall–Kier alpha value is -1.39. The van der Waals surface area contributed by atoms with Crippen LogP contribution in [0, 0.1) is 0 Å². The summed E-state index contributed by atoms with van der Waals surface area (Å²) in [5.41, 5.74) is 4.53. The highest BCUT2D eigenvalue weighted by Crippen LogP contribution is 2.24. The lowest BCUT2D eigenvalue weighted by Gasteiger charge is -2.37. The highest BCUT2D eigenvalue weighted by molar-refractivity contribution is 5.69. The van der Waals surface area contributed by atoms with Crippen LogP contribution in [0.25, 0.3) is 0 Å². The van der Waals surface area contributed by atoms with E-state index in [1.54, 1.807) is 11.1 Å². The molecule has 0 radical (unpaired) electrons. The lowest BCUT2D eigenvalue weighted by molar-refractivity contribution is -0.139. The Labute approximate surface area is 139 Å². The first-order valence-electron chi connectivity index (χ1n) is 8.94. The number of fused-ring (bicyclic) bond motifs is 1. The van der Waals surface area contributed by atoms with Crippen LogP contribution in [0.2, 0.25) is 0 Å². The van der Waals surface area contributed by atoms with Gasteiger partial charge in [0.1, 0.15) is 0 Å². The largest absolute Gasteiger partial charge is 0.480 e. The topological polar surface area (TPSA) is 43.8 Å². The zero-order valence-corrected chi connectivity index (χ0v) is 14.1. The fourth-order valence-corrected chi connectivity index (χ4v) is 4.10. The van der Waals surface area contributed by atoms with Crippen molar-refractivity contribution in [1.82, 2.24) is 9.80 Å². The number of benzene rings is 1. The van der Waals surface area contributed by atoms with Crippen LogP contribution in [-0.4, -0.2) is 53.1 Å². The van der Waals surface area contributed by atoms with Crippen LogP contribution in [0.3, 0.4) is 0 Å². The standard InChI is InChI=1S/C19H28N2O2/c1-2-21(14-19(22)23)18-8-10-20(11-9-18)13-15-6-7-16-4-3-5-17(16)12-15/h6-7,12,18H,2-5,8-11,13-14H2,1H3,(H,22,23). The maximum Gasteiger partial charge on any atom is 0.317 e. The molecule has 1 aliphatic carbocycles. The van der Waals surface area contributed by atoms with E-state index < -0.39 is 5.97 Å². The number of likely N-dealkylation sites (tertiary alicyclic amines) is 1. The maximum absolute atomic E-state index is 11.0. The van der Waals surface area contributed by atoms with Crippen LogP contribution >= 0.6 is 0 Å². The summed E-state index contributed by atoms with van der Waals surface area (Å²) in [5.74, 6) is -0.715. The monoisotopic (exact) mass is 316 g/mol. The van der Waals surface area contributed by atoms with Crippen LogP contribution in [-0.2, 0) is 24.2 Å². The van der Waals surface area contributed by atoms with Gasteiger partial charge in [-0.1, -0.05) is 25.1 Å². The maximum atomic E-state index is 11.0. The van der Waals surface area contributed by atoms with E-state index in [1.807, 2.05) is 0 Å². The third kappa shape index (κ3) is 4.12. The molecule has 0 atom stereocenters. The van der Waals surface area contributed by atoms with E-state index in [2.05, 4.69) is 34.9 Å². The third-order valence-corrected chi connectivity index (χ3v) is 5.39. The van der Waals surface area contributed by atoms with Crippen LogP contribution in [0.1, 0.15) is 42.9 Å². The number of aryl methyl sites for hydroxylation is 2. The van der Waals surface area contributed by atoms with E-state index in [9.17, 15) is 4.79 Å². The van der Waals surface area contributed by atoms with Crippen molar-refractivity contribution >= 4 is 5.97 Å². The molecule has 1 saturated heterocycles. The van der Waals surface area contributed by atoms with E-state index in [0.29, 0.717) is 6.04 Å². The second-order valence-corrected chi connectivity index (χ2v) is 6.92. The summed E-state index contributed by atoms with van der Waals surface area (Å²) >= 11 is 0. The number of hydrogen-bond acceptors (Lipinski definition) is 3. The zero-order valence-electron chi connectivity index (χ0n) is 14.1. The summed E-state index contributed by atoms with van der Waals surface area (Å²) in [4.78, 5) is 15.6. The molecule has 1 aromatic rings. The Morgan fingerprint density at radius 2 is 2.00 bits per heavy atom. The molecule has 0 bridgehead atoms. The zero-order chi connectivity index (χ0) is 16.2. The van der Waals surface area contributed by atoms with Crippen molar-refractivity contribution in [3.8, 4) is 0 Å². The fourth-order valence-electron chi connectivity index (χ4n) is 4.10. The molecular weight excluding hydrogens is 288 g/mol. The first kappa shape index (κ1) is 16.5. The molecule has 23 heavy (non-hydrogen) atoms. The number of hydrogen-bond donors (Lipinski definition) is 1. The molecule has 0 spiro atoms. The Morgan fingerprint density at radius 1 is 1.26 bits per heavy atom. The molecule has 0 saturated carbocycles. The summed E-state index contributed by atoms with van der Waals surface area (Å²) in [6.45, 7) is 6.22. The van der Waals surface area contributed by atoms with Gasteiger partial charge < -0.3 is 5.11 Å². The van der Waals surface area contributed by atoms with E-state index in [0.717, 1.165) is 39.0 Å². The Bertz CT molecular complexity index is 550. The molecule has 1 fully saturated rings. The molecule has 0 aromatic heterocycles. The molecule has 126 valence electrons. The third-order valence-electron chi connectivity index (χ3n) is 5.39. The smallest absolute Gasteiger partial charge is 0.317 e. The van der Waals surface area contributed by atoms with Gasteiger partial charge in [-0.2, -0.15) is 0 Å². The molecule has 1 aromatic carbocycles. The number of aliphatic carboxylic acids is 1. The minimum atomic E-state index is -0.715. The van der Waals surface area contributed by atoms with E-state index in [-0.39, 0.29) is 6.54 Å². The number of nitrogens with zero attached hydrogens (tertiary/aromatic N) is 2. The van der Waals surface area contributed by atoms with Crippen LogP contribution in [0.4, 0.5) is 0 Å². The minimum absolute atomic E-state index is 0.173. The first-order chi connectivity index (χ1) is 11.2. The van der Waals surface area contributed by atoms with Crippen molar-refractivity contribution in [3.63, 3.8) is 0 Å². The summed E-state index contributed by atoms with van der Waals surface area (Å²) in [7, 11) is 0. The normalized spacial score (nSPS) is 19.2. The highest BCUT2D eigenvalue weighted by Gasteiger charge is 2.25. The van der Waals surface area contributed by atoms with Crippen molar-refractivity contribution in [3.05, 3.63) is 34.9 Å². The Balaban J connectivity index is 1.52. The molecular formula is C19H28N2O2. The lowest BCUT2D eigenvalue weighted by atomic mass is 10.0. The van der Waals surface area contributed by atoms with Crippen molar-refractivity contribution in [2.24, 2.45) is 0 Å². The second-order valence-electron chi connectivity index (χ2n) is 6.92. The Morgan fingerprint density at radius 3 is 2.70 bits per heavy atom. The van der Waals surface area contributed by atoms with Gasteiger partial charge in [0.05, 0.1) is 6.54 Å². The van der Waals surface area contributed by atoms with Gasteiger partial charge in [0, 0.05) is 12.6 Å².